The van der Waals surface area contributed by atoms with E-state index in [0.717, 1.165) is 25.0 Å². The number of carbonyl (C=O) groups is 1. The number of amides is 1. The van der Waals surface area contributed by atoms with Gasteiger partial charge in [-0.15, -0.1) is 0 Å². The van der Waals surface area contributed by atoms with Crippen molar-refractivity contribution in [3.63, 3.8) is 0 Å². The number of aliphatic hydroxyl groups is 1. The lowest BCUT2D eigenvalue weighted by atomic mass is 9.79. The van der Waals surface area contributed by atoms with Crippen LogP contribution in [0.4, 0.5) is 14.5 Å². The first kappa shape index (κ1) is 15.7. The topological polar surface area (TPSA) is 75.3 Å². The molecule has 2 rings (SSSR count). The van der Waals surface area contributed by atoms with E-state index in [9.17, 15) is 18.7 Å². The van der Waals surface area contributed by atoms with Crippen LogP contribution in [0.1, 0.15) is 43.0 Å². The third-order valence-corrected chi connectivity index (χ3v) is 3.99. The maximum atomic E-state index is 13.7. The van der Waals surface area contributed by atoms with Gasteiger partial charge in [-0.25, -0.2) is 8.78 Å². The number of nitrogens with one attached hydrogen (secondary N) is 1. The highest BCUT2D eigenvalue weighted by atomic mass is 19.1. The maximum absolute atomic E-state index is 13.7. The molecule has 1 saturated carbocycles. The lowest BCUT2D eigenvalue weighted by Crippen LogP contribution is -2.46. The fourth-order valence-corrected chi connectivity index (χ4v) is 2.90. The molecule has 1 aliphatic rings. The number of hydrogen-bond acceptors (Lipinski definition) is 3. The molecule has 116 valence electrons. The zero-order valence-corrected chi connectivity index (χ0v) is 12.0. The summed E-state index contributed by atoms with van der Waals surface area (Å²) < 4.78 is 27.3. The van der Waals surface area contributed by atoms with Crippen LogP contribution in [0.15, 0.2) is 12.1 Å². The summed E-state index contributed by atoms with van der Waals surface area (Å²) in [6.07, 6.45) is 3.04. The minimum atomic E-state index is -1.07. The summed E-state index contributed by atoms with van der Waals surface area (Å²) in [4.78, 5) is 11.9. The van der Waals surface area contributed by atoms with Crippen LogP contribution >= 0.6 is 0 Å². The molecule has 2 atom stereocenters. The van der Waals surface area contributed by atoms with Gasteiger partial charge < -0.3 is 16.2 Å². The molecule has 4 N–H and O–H groups in total. The van der Waals surface area contributed by atoms with Crippen molar-refractivity contribution in [2.45, 2.75) is 38.2 Å². The van der Waals surface area contributed by atoms with Gasteiger partial charge in [0.1, 0.15) is 11.4 Å². The fraction of sp³-hybridized carbons (Fsp3) is 0.533. The first-order valence-corrected chi connectivity index (χ1v) is 7.06. The molecular weight excluding hydrogens is 278 g/mol. The Labute approximate surface area is 122 Å². The number of anilines is 1. The molecule has 0 spiro atoms. The van der Waals surface area contributed by atoms with E-state index in [2.05, 4.69) is 5.32 Å². The van der Waals surface area contributed by atoms with Crippen molar-refractivity contribution in [3.05, 3.63) is 29.3 Å². The van der Waals surface area contributed by atoms with Crippen LogP contribution < -0.4 is 11.1 Å². The first-order valence-electron chi connectivity index (χ1n) is 7.06. The van der Waals surface area contributed by atoms with Crippen molar-refractivity contribution in [1.29, 1.82) is 0 Å². The van der Waals surface area contributed by atoms with E-state index in [1.54, 1.807) is 0 Å². The van der Waals surface area contributed by atoms with Gasteiger partial charge in [-0.1, -0.05) is 19.8 Å². The Kier molecular flexibility index (Phi) is 4.46. The predicted octanol–water partition coefficient (Wildman–Crippen LogP) is 2.22. The minimum absolute atomic E-state index is 0.0240. The molecule has 6 heteroatoms. The molecule has 0 saturated heterocycles. The first-order chi connectivity index (χ1) is 9.82. The summed E-state index contributed by atoms with van der Waals surface area (Å²) in [5.41, 5.74) is 3.33. The second kappa shape index (κ2) is 5.97. The molecule has 0 aliphatic heterocycles. The molecule has 4 nitrogen and oxygen atoms in total. The van der Waals surface area contributed by atoms with Gasteiger partial charge in [0.2, 0.25) is 0 Å². The second-order valence-electron chi connectivity index (χ2n) is 5.93. The quantitative estimate of drug-likeness (QED) is 0.749. The van der Waals surface area contributed by atoms with E-state index in [1.165, 1.54) is 0 Å². The summed E-state index contributed by atoms with van der Waals surface area (Å²) in [5.74, 6) is -2.58. The molecule has 1 fully saturated rings. The molecule has 1 aliphatic carbocycles. The van der Waals surface area contributed by atoms with Crippen molar-refractivity contribution in [3.8, 4) is 0 Å². The molecule has 0 radical (unpaired) electrons. The molecule has 1 amide bonds. The largest absolute Gasteiger partial charge is 0.396 e. The minimum Gasteiger partial charge on any atom is -0.396 e. The third-order valence-electron chi connectivity index (χ3n) is 3.99. The highest BCUT2D eigenvalue weighted by Gasteiger charge is 2.33. The zero-order valence-electron chi connectivity index (χ0n) is 12.0. The van der Waals surface area contributed by atoms with Crippen molar-refractivity contribution in [1.82, 2.24) is 5.32 Å². The average molecular weight is 298 g/mol. The summed E-state index contributed by atoms with van der Waals surface area (Å²) in [5, 5.41) is 12.8. The number of hydrogen-bond donors (Lipinski definition) is 3. The van der Waals surface area contributed by atoms with Crippen molar-refractivity contribution >= 4 is 11.6 Å². The Bertz CT molecular complexity index is 551. The summed E-state index contributed by atoms with van der Waals surface area (Å²) in [6, 6.07) is 2.02. The summed E-state index contributed by atoms with van der Waals surface area (Å²) in [6.45, 7) is 2.01. The van der Waals surface area contributed by atoms with E-state index in [1.807, 2.05) is 6.92 Å². The molecule has 21 heavy (non-hydrogen) atoms. The Morgan fingerprint density at radius 3 is 2.90 bits per heavy atom. The Morgan fingerprint density at radius 1 is 1.52 bits per heavy atom. The van der Waals surface area contributed by atoms with Gasteiger partial charge in [0.25, 0.3) is 5.91 Å². The number of halogens is 2. The van der Waals surface area contributed by atoms with E-state index in [-0.39, 0.29) is 12.2 Å². The van der Waals surface area contributed by atoms with E-state index >= 15 is 0 Å². The second-order valence-corrected chi connectivity index (χ2v) is 5.93. The van der Waals surface area contributed by atoms with Gasteiger partial charge in [0, 0.05) is 6.54 Å². The normalized spacial score (nSPS) is 25.6. The SMILES string of the molecule is CC1CCCC(O)(CNC(=O)c2c(F)ccc(N)c2F)C1. The maximum Gasteiger partial charge on any atom is 0.257 e. The van der Waals surface area contributed by atoms with E-state index in [4.69, 9.17) is 5.73 Å². The highest BCUT2D eigenvalue weighted by molar-refractivity contribution is 5.95. The predicted molar refractivity (Wildman–Crippen MR) is 75.7 cm³/mol. The standard InChI is InChI=1S/C15H20F2N2O2/c1-9-3-2-6-15(21,7-9)8-19-14(20)12-10(16)4-5-11(18)13(12)17/h4-5,9,21H,2-3,6-8,18H2,1H3,(H,19,20). The van der Waals surface area contributed by atoms with Crippen molar-refractivity contribution in [2.75, 3.05) is 12.3 Å². The van der Waals surface area contributed by atoms with Gasteiger partial charge in [0.15, 0.2) is 5.82 Å². The third kappa shape index (κ3) is 3.50. The number of carbonyl (C=O) groups excluding carboxylic acids is 1. The fourth-order valence-electron chi connectivity index (χ4n) is 2.90. The van der Waals surface area contributed by atoms with Crippen molar-refractivity contribution < 1.29 is 18.7 Å². The lowest BCUT2D eigenvalue weighted by Gasteiger charge is -2.35. The monoisotopic (exact) mass is 298 g/mol. The molecule has 0 bridgehead atoms. The zero-order chi connectivity index (χ0) is 15.6. The molecule has 0 aromatic heterocycles. The van der Waals surface area contributed by atoms with Crippen LogP contribution in [0, 0.1) is 17.6 Å². The van der Waals surface area contributed by atoms with Gasteiger partial charge in [-0.05, 0) is 30.9 Å². The van der Waals surface area contributed by atoms with Crippen LogP contribution in [-0.4, -0.2) is 23.2 Å². The van der Waals surface area contributed by atoms with Crippen LogP contribution in [0.3, 0.4) is 0 Å². The number of benzene rings is 1. The van der Waals surface area contributed by atoms with Crippen LogP contribution in [0.25, 0.3) is 0 Å². The van der Waals surface area contributed by atoms with Crippen LogP contribution in [0.2, 0.25) is 0 Å². The van der Waals surface area contributed by atoms with Gasteiger partial charge in [-0.2, -0.15) is 0 Å². The van der Waals surface area contributed by atoms with Crippen LogP contribution in [0.5, 0.6) is 0 Å². The van der Waals surface area contributed by atoms with Crippen molar-refractivity contribution in [2.24, 2.45) is 5.92 Å². The molecule has 1 aromatic rings. The number of nitrogen functional groups attached to an aromatic ring is 1. The summed E-state index contributed by atoms with van der Waals surface area (Å²) in [7, 11) is 0. The summed E-state index contributed by atoms with van der Waals surface area (Å²) >= 11 is 0. The Morgan fingerprint density at radius 2 is 2.24 bits per heavy atom. The number of rotatable bonds is 3. The van der Waals surface area contributed by atoms with Gasteiger partial charge in [0.05, 0.1) is 11.3 Å². The molecule has 2 unspecified atom stereocenters. The molecule has 1 aromatic carbocycles. The van der Waals surface area contributed by atoms with E-state index < -0.39 is 28.7 Å². The number of nitrogens with two attached hydrogens (primary N) is 1. The Hall–Kier alpha value is -1.69. The van der Waals surface area contributed by atoms with Crippen LogP contribution in [-0.2, 0) is 0 Å². The van der Waals surface area contributed by atoms with Gasteiger partial charge in [-0.3, -0.25) is 4.79 Å². The molecular formula is C15H20F2N2O2. The lowest BCUT2D eigenvalue weighted by molar-refractivity contribution is -0.0110. The average Bonchev–Trinajstić information content (AvgIpc) is 2.41. The molecule has 0 heterocycles. The van der Waals surface area contributed by atoms with Gasteiger partial charge >= 0.3 is 0 Å². The Balaban J connectivity index is 2.07. The highest BCUT2D eigenvalue weighted by Crippen LogP contribution is 2.31. The smallest absolute Gasteiger partial charge is 0.257 e. The van der Waals surface area contributed by atoms with E-state index in [0.29, 0.717) is 18.8 Å².